The molecule has 11 nitrogen and oxygen atoms in total. The Balaban J connectivity index is 1.62. The standard InChI is InChI=1S/C36H37Cl2N3O8/c1-4-30(43)41(24-14-9-6-10-15-24)33(22(2)3)28-20-36(49-40-28,19-23-12-7-5-8-13-23)35(47)39-27(18-31(44)45)29(42)21-48-34(46)32-25(37)16-11-17-26(32)38/h5-17,22,27,33H,4,18-21H2,1-3H3,(H,39,47)(H,44,45)/t27-,33-,36?/m0/s1. The molecular weight excluding hydrogens is 673 g/mol. The van der Waals surface area contributed by atoms with E-state index in [2.05, 4.69) is 10.5 Å². The van der Waals surface area contributed by atoms with Crippen molar-refractivity contribution in [2.45, 2.75) is 64.1 Å². The fourth-order valence-corrected chi connectivity index (χ4v) is 6.20. The molecule has 0 aromatic heterocycles. The highest BCUT2D eigenvalue weighted by Gasteiger charge is 2.50. The molecule has 2 N–H and O–H groups in total. The van der Waals surface area contributed by atoms with Gasteiger partial charge < -0.3 is 24.9 Å². The number of hydrogen-bond acceptors (Lipinski definition) is 8. The molecule has 3 aromatic carbocycles. The summed E-state index contributed by atoms with van der Waals surface area (Å²) in [4.78, 5) is 73.0. The number of halogens is 2. The van der Waals surface area contributed by atoms with Crippen LogP contribution in [0.2, 0.25) is 10.0 Å². The number of carboxylic acids is 1. The van der Waals surface area contributed by atoms with Gasteiger partial charge in [0.15, 0.2) is 12.4 Å². The molecule has 0 saturated heterocycles. The molecule has 1 aliphatic rings. The number of esters is 1. The molecule has 1 unspecified atom stereocenters. The van der Waals surface area contributed by atoms with E-state index in [0.717, 1.165) is 0 Å². The summed E-state index contributed by atoms with van der Waals surface area (Å²) in [5.41, 5.74) is -0.0697. The largest absolute Gasteiger partial charge is 0.481 e. The Kier molecular flexibility index (Phi) is 12.5. The third kappa shape index (κ3) is 9.04. The highest BCUT2D eigenvalue weighted by atomic mass is 35.5. The van der Waals surface area contributed by atoms with Crippen LogP contribution in [0.15, 0.2) is 84.0 Å². The van der Waals surface area contributed by atoms with Gasteiger partial charge in [-0.2, -0.15) is 0 Å². The van der Waals surface area contributed by atoms with E-state index in [1.165, 1.54) is 18.2 Å². The Labute approximate surface area is 294 Å². The predicted octanol–water partition coefficient (Wildman–Crippen LogP) is 5.90. The van der Waals surface area contributed by atoms with Gasteiger partial charge in [0, 0.05) is 24.9 Å². The summed E-state index contributed by atoms with van der Waals surface area (Å²) < 4.78 is 5.13. The number of hydrogen-bond donors (Lipinski definition) is 2. The second kappa shape index (κ2) is 16.6. The van der Waals surface area contributed by atoms with Crippen molar-refractivity contribution in [1.29, 1.82) is 0 Å². The van der Waals surface area contributed by atoms with Crippen LogP contribution in [-0.4, -0.2) is 64.6 Å². The Morgan fingerprint density at radius 1 is 0.959 bits per heavy atom. The van der Waals surface area contributed by atoms with E-state index in [9.17, 15) is 29.1 Å². The molecule has 0 bridgehead atoms. The maximum absolute atomic E-state index is 14.2. The number of ketones is 1. The summed E-state index contributed by atoms with van der Waals surface area (Å²) in [7, 11) is 0. The topological polar surface area (TPSA) is 152 Å². The number of carbonyl (C=O) groups is 5. The van der Waals surface area contributed by atoms with Gasteiger partial charge in [0.25, 0.3) is 5.91 Å². The zero-order chi connectivity index (χ0) is 35.7. The monoisotopic (exact) mass is 709 g/mol. The van der Waals surface area contributed by atoms with Crippen LogP contribution in [0.5, 0.6) is 0 Å². The lowest BCUT2D eigenvalue weighted by molar-refractivity contribution is -0.148. The normalized spacial score (nSPS) is 16.6. The zero-order valence-corrected chi connectivity index (χ0v) is 28.7. The number of carboxylic acid groups (broad SMARTS) is 1. The van der Waals surface area contributed by atoms with Gasteiger partial charge in [-0.05, 0) is 35.7 Å². The molecule has 258 valence electrons. The van der Waals surface area contributed by atoms with Crippen LogP contribution in [0.25, 0.3) is 0 Å². The number of benzene rings is 3. The summed E-state index contributed by atoms with van der Waals surface area (Å²) in [6, 6.07) is 20.3. The van der Waals surface area contributed by atoms with E-state index in [4.69, 9.17) is 32.8 Å². The first-order valence-corrected chi connectivity index (χ1v) is 16.4. The first-order chi connectivity index (χ1) is 23.4. The van der Waals surface area contributed by atoms with Gasteiger partial charge in [-0.25, -0.2) is 4.79 Å². The number of ether oxygens (including phenoxy) is 1. The summed E-state index contributed by atoms with van der Waals surface area (Å²) in [5, 5.41) is 16.5. The van der Waals surface area contributed by atoms with Crippen molar-refractivity contribution in [1.82, 2.24) is 5.32 Å². The number of aliphatic carboxylic acids is 1. The predicted molar refractivity (Wildman–Crippen MR) is 185 cm³/mol. The number of nitrogens with one attached hydrogen (secondary N) is 1. The molecule has 0 aliphatic carbocycles. The minimum absolute atomic E-state index is 0.00328. The van der Waals surface area contributed by atoms with Crippen LogP contribution in [-0.2, 0) is 35.2 Å². The number of para-hydroxylation sites is 1. The molecule has 2 amide bonds. The van der Waals surface area contributed by atoms with E-state index < -0.39 is 54.3 Å². The van der Waals surface area contributed by atoms with Crippen molar-refractivity contribution in [2.75, 3.05) is 11.5 Å². The van der Waals surface area contributed by atoms with Crippen molar-refractivity contribution >= 4 is 64.1 Å². The van der Waals surface area contributed by atoms with Crippen LogP contribution >= 0.6 is 23.2 Å². The number of oxime groups is 1. The fourth-order valence-electron chi connectivity index (χ4n) is 5.65. The molecule has 1 heterocycles. The third-order valence-electron chi connectivity index (χ3n) is 7.99. The van der Waals surface area contributed by atoms with Gasteiger partial charge in [-0.3, -0.25) is 19.2 Å². The van der Waals surface area contributed by atoms with E-state index >= 15 is 0 Å². The molecule has 49 heavy (non-hydrogen) atoms. The quantitative estimate of drug-likeness (QED) is 0.185. The summed E-state index contributed by atoms with van der Waals surface area (Å²) >= 11 is 12.2. The third-order valence-corrected chi connectivity index (χ3v) is 8.62. The summed E-state index contributed by atoms with van der Waals surface area (Å²) in [6.07, 6.45) is -0.636. The van der Waals surface area contributed by atoms with E-state index in [1.807, 2.05) is 50.2 Å². The van der Waals surface area contributed by atoms with Gasteiger partial charge in [-0.1, -0.05) is 104 Å². The van der Waals surface area contributed by atoms with Gasteiger partial charge in [-0.15, -0.1) is 0 Å². The van der Waals surface area contributed by atoms with Gasteiger partial charge in [0.2, 0.25) is 11.5 Å². The highest BCUT2D eigenvalue weighted by Crippen LogP contribution is 2.34. The van der Waals surface area contributed by atoms with E-state index in [-0.39, 0.29) is 46.7 Å². The van der Waals surface area contributed by atoms with Crippen LogP contribution in [0, 0.1) is 5.92 Å². The average molecular weight is 711 g/mol. The lowest BCUT2D eigenvalue weighted by atomic mass is 9.84. The Hall–Kier alpha value is -4.74. The number of Topliss-reactive ketones (excluding diaryl/α,β-unsaturated/α-hetero) is 1. The molecule has 0 radical (unpaired) electrons. The first kappa shape index (κ1) is 37.1. The van der Waals surface area contributed by atoms with Crippen molar-refractivity contribution < 1.29 is 38.7 Å². The molecule has 1 aliphatic heterocycles. The zero-order valence-electron chi connectivity index (χ0n) is 27.2. The Bertz CT molecular complexity index is 1700. The molecule has 0 spiro atoms. The molecule has 3 aromatic rings. The number of anilines is 1. The summed E-state index contributed by atoms with van der Waals surface area (Å²) in [6.45, 7) is 4.76. The summed E-state index contributed by atoms with van der Waals surface area (Å²) in [5.74, 6) is -4.37. The minimum Gasteiger partial charge on any atom is -0.481 e. The van der Waals surface area contributed by atoms with Gasteiger partial charge in [0.05, 0.1) is 33.8 Å². The second-order valence-electron chi connectivity index (χ2n) is 11.9. The van der Waals surface area contributed by atoms with E-state index in [0.29, 0.717) is 17.0 Å². The van der Waals surface area contributed by atoms with Crippen LogP contribution in [0.3, 0.4) is 0 Å². The van der Waals surface area contributed by atoms with Crippen molar-refractivity contribution in [3.05, 3.63) is 100 Å². The fraction of sp³-hybridized carbons (Fsp3) is 0.333. The lowest BCUT2D eigenvalue weighted by Gasteiger charge is -2.35. The molecule has 0 fully saturated rings. The molecule has 4 rings (SSSR count). The molecule has 3 atom stereocenters. The van der Waals surface area contributed by atoms with Crippen LogP contribution < -0.4 is 10.2 Å². The molecule has 13 heteroatoms. The van der Waals surface area contributed by atoms with Crippen molar-refractivity contribution in [3.8, 4) is 0 Å². The van der Waals surface area contributed by atoms with Gasteiger partial charge in [0.1, 0.15) is 6.04 Å². The lowest BCUT2D eigenvalue weighted by Crippen LogP contribution is -2.56. The Morgan fingerprint density at radius 3 is 2.14 bits per heavy atom. The highest BCUT2D eigenvalue weighted by molar-refractivity contribution is 6.39. The average Bonchev–Trinajstić information content (AvgIpc) is 3.50. The number of carbonyl (C=O) groups excluding carboxylic acids is 4. The minimum atomic E-state index is -1.71. The number of nitrogens with zero attached hydrogens (tertiary/aromatic N) is 2. The van der Waals surface area contributed by atoms with Crippen molar-refractivity contribution in [2.24, 2.45) is 11.1 Å². The molecule has 0 saturated carbocycles. The van der Waals surface area contributed by atoms with Crippen molar-refractivity contribution in [3.63, 3.8) is 0 Å². The number of amides is 2. The van der Waals surface area contributed by atoms with Gasteiger partial charge >= 0.3 is 11.9 Å². The smallest absolute Gasteiger partial charge is 0.341 e. The van der Waals surface area contributed by atoms with E-state index in [1.54, 1.807) is 36.1 Å². The number of rotatable bonds is 15. The maximum atomic E-state index is 14.2. The Morgan fingerprint density at radius 2 is 1.57 bits per heavy atom. The second-order valence-corrected chi connectivity index (χ2v) is 12.7. The first-order valence-electron chi connectivity index (χ1n) is 15.7. The van der Waals surface area contributed by atoms with Crippen LogP contribution in [0.4, 0.5) is 5.69 Å². The van der Waals surface area contributed by atoms with Crippen LogP contribution in [0.1, 0.15) is 56.0 Å². The molecular formula is C36H37Cl2N3O8. The SMILES string of the molecule is CCC(=O)N(c1ccccc1)[C@H](C1=NOC(Cc2ccccc2)(C(=O)N[C@@H](CC(=O)O)C(=O)COC(=O)c2c(Cl)cccc2Cl)C1)C(C)C. The maximum Gasteiger partial charge on any atom is 0.341 e.